The molecule has 0 spiro atoms. The zero-order valence-electron chi connectivity index (χ0n) is 27.3. The van der Waals surface area contributed by atoms with Gasteiger partial charge in [0.15, 0.2) is 4.80 Å². The van der Waals surface area contributed by atoms with Crippen molar-refractivity contribution in [3.63, 3.8) is 0 Å². The summed E-state index contributed by atoms with van der Waals surface area (Å²) >= 11 is 1.25. The largest absolute Gasteiger partial charge is 0.497 e. The van der Waals surface area contributed by atoms with Gasteiger partial charge in [-0.1, -0.05) is 78.1 Å². The van der Waals surface area contributed by atoms with Crippen LogP contribution in [0.4, 0.5) is 0 Å². The summed E-state index contributed by atoms with van der Waals surface area (Å²) in [5, 5.41) is 0. The number of thiazole rings is 1. The molecule has 0 unspecified atom stereocenters. The van der Waals surface area contributed by atoms with Gasteiger partial charge in [0.25, 0.3) is 5.56 Å². The third-order valence-corrected chi connectivity index (χ3v) is 8.81. The molecule has 2 heterocycles. The van der Waals surface area contributed by atoms with Crippen LogP contribution < -0.4 is 24.4 Å². The Labute approximate surface area is 287 Å². The summed E-state index contributed by atoms with van der Waals surface area (Å²) in [5.74, 6) is 0.359. The molecule has 1 aromatic heterocycles. The van der Waals surface area contributed by atoms with E-state index in [4.69, 9.17) is 23.9 Å². The van der Waals surface area contributed by atoms with Crippen LogP contribution in [0, 0.1) is 0 Å². The minimum absolute atomic E-state index is 0.168. The monoisotopic (exact) mass is 674 g/mol. The van der Waals surface area contributed by atoms with Gasteiger partial charge in [0, 0.05) is 5.56 Å². The lowest BCUT2D eigenvalue weighted by molar-refractivity contribution is -0.138. The molecular formula is C39H34N2O7S. The van der Waals surface area contributed by atoms with Crippen LogP contribution in [0.15, 0.2) is 118 Å². The molecule has 1 aliphatic heterocycles. The van der Waals surface area contributed by atoms with Gasteiger partial charge < -0.3 is 18.9 Å². The highest BCUT2D eigenvalue weighted by Gasteiger charge is 2.35. The number of benzene rings is 4. The molecule has 5 aromatic rings. The first-order valence-electron chi connectivity index (χ1n) is 15.8. The van der Waals surface area contributed by atoms with Crippen LogP contribution in [0.3, 0.4) is 0 Å². The van der Waals surface area contributed by atoms with Crippen molar-refractivity contribution in [1.82, 2.24) is 4.57 Å². The predicted octanol–water partition coefficient (Wildman–Crippen LogP) is 5.70. The number of fused-ring (bicyclic) bond motifs is 1. The molecule has 0 aliphatic carbocycles. The van der Waals surface area contributed by atoms with Gasteiger partial charge in [-0.2, -0.15) is 0 Å². The smallest absolute Gasteiger partial charge is 0.338 e. The highest BCUT2D eigenvalue weighted by molar-refractivity contribution is 7.07. The summed E-state index contributed by atoms with van der Waals surface area (Å²) in [4.78, 5) is 45.2. The van der Waals surface area contributed by atoms with Crippen LogP contribution >= 0.6 is 11.3 Å². The Morgan fingerprint density at radius 2 is 1.55 bits per heavy atom. The van der Waals surface area contributed by atoms with E-state index >= 15 is 0 Å². The first kappa shape index (κ1) is 33.2. The number of hydrogen-bond donors (Lipinski definition) is 0. The van der Waals surface area contributed by atoms with Crippen LogP contribution in [-0.2, 0) is 20.9 Å². The molecule has 0 amide bonds. The Bertz CT molecular complexity index is 2190. The maximum absolute atomic E-state index is 14.2. The quantitative estimate of drug-likeness (QED) is 0.166. The first-order valence-corrected chi connectivity index (χ1v) is 16.6. The zero-order chi connectivity index (χ0) is 34.3. The summed E-state index contributed by atoms with van der Waals surface area (Å²) < 4.78 is 24.0. The van der Waals surface area contributed by atoms with Crippen molar-refractivity contribution in [2.45, 2.75) is 26.5 Å². The van der Waals surface area contributed by atoms with Gasteiger partial charge in [0.05, 0.1) is 47.7 Å². The molecule has 0 bridgehead atoms. The van der Waals surface area contributed by atoms with Gasteiger partial charge >= 0.3 is 11.9 Å². The van der Waals surface area contributed by atoms with Crippen LogP contribution in [0.1, 0.15) is 52.5 Å². The fraction of sp³-hybridized carbons (Fsp3) is 0.179. The third kappa shape index (κ3) is 7.24. The second-order valence-electron chi connectivity index (χ2n) is 11.0. The topological polar surface area (TPSA) is 105 Å². The van der Waals surface area contributed by atoms with Crippen molar-refractivity contribution in [1.29, 1.82) is 0 Å². The summed E-state index contributed by atoms with van der Waals surface area (Å²) in [7, 11) is 1.58. The Kier molecular flexibility index (Phi) is 10.2. The van der Waals surface area contributed by atoms with E-state index in [0.717, 1.165) is 16.7 Å². The lowest BCUT2D eigenvalue weighted by Crippen LogP contribution is -2.40. The predicted molar refractivity (Wildman–Crippen MR) is 187 cm³/mol. The number of rotatable bonds is 11. The van der Waals surface area contributed by atoms with Gasteiger partial charge in [0.1, 0.15) is 18.1 Å². The van der Waals surface area contributed by atoms with Crippen molar-refractivity contribution in [3.8, 4) is 11.5 Å². The molecule has 9 nitrogen and oxygen atoms in total. The second kappa shape index (κ2) is 15.0. The van der Waals surface area contributed by atoms with E-state index in [1.165, 1.54) is 11.3 Å². The third-order valence-electron chi connectivity index (χ3n) is 7.83. The number of aromatic nitrogens is 1. The molecule has 1 atom stereocenters. The van der Waals surface area contributed by atoms with Crippen molar-refractivity contribution < 1.29 is 28.5 Å². The molecule has 49 heavy (non-hydrogen) atoms. The average Bonchev–Trinajstić information content (AvgIpc) is 3.44. The molecule has 0 saturated carbocycles. The summed E-state index contributed by atoms with van der Waals surface area (Å²) in [6, 6.07) is 30.4. The van der Waals surface area contributed by atoms with E-state index < -0.39 is 12.0 Å². The van der Waals surface area contributed by atoms with E-state index in [1.54, 1.807) is 55.9 Å². The number of esters is 2. The van der Waals surface area contributed by atoms with Gasteiger partial charge in [-0.15, -0.1) is 0 Å². The maximum Gasteiger partial charge on any atom is 0.338 e. The minimum Gasteiger partial charge on any atom is -0.497 e. The molecular weight excluding hydrogens is 641 g/mol. The standard InChI is InChI=1S/C39H34N2O7S/c1-4-46-37(43)29-16-14-25(15-17-29)24-48-31-13-9-10-26(22-31)23-32-36(42)41-35(28-18-20-30(45-3)21-19-28)33(38(44)47-5-2)34(40-39(41)49-32)27-11-7-6-8-12-27/h6-23,35H,4-5,24H2,1-3H3/b32-23-/t35-/m0/s1. The fourth-order valence-electron chi connectivity index (χ4n) is 5.51. The van der Waals surface area contributed by atoms with E-state index in [0.29, 0.717) is 44.3 Å². The molecule has 10 heteroatoms. The van der Waals surface area contributed by atoms with Crippen molar-refractivity contribution in [2.75, 3.05) is 20.3 Å². The molecule has 0 saturated heterocycles. The normalized spacial score (nSPS) is 14.1. The number of ether oxygens (including phenoxy) is 4. The minimum atomic E-state index is -0.788. The Morgan fingerprint density at radius 3 is 2.24 bits per heavy atom. The van der Waals surface area contributed by atoms with E-state index in [9.17, 15) is 14.4 Å². The molecule has 248 valence electrons. The van der Waals surface area contributed by atoms with E-state index in [1.807, 2.05) is 78.9 Å². The fourth-order valence-corrected chi connectivity index (χ4v) is 6.51. The number of methoxy groups -OCH3 is 1. The zero-order valence-corrected chi connectivity index (χ0v) is 28.1. The number of hydrogen-bond acceptors (Lipinski definition) is 9. The molecule has 0 fully saturated rings. The Balaban J connectivity index is 1.39. The molecule has 0 N–H and O–H groups in total. The number of carbonyl (C=O) groups is 2. The van der Waals surface area contributed by atoms with Gasteiger partial charge in [0.2, 0.25) is 0 Å². The van der Waals surface area contributed by atoms with Crippen LogP contribution in [-0.4, -0.2) is 36.8 Å². The van der Waals surface area contributed by atoms with E-state index in [2.05, 4.69) is 0 Å². The average molecular weight is 675 g/mol. The van der Waals surface area contributed by atoms with Crippen LogP contribution in [0.2, 0.25) is 0 Å². The summed E-state index contributed by atoms with van der Waals surface area (Å²) in [6.45, 7) is 4.29. The number of carbonyl (C=O) groups excluding carboxylic acids is 2. The SMILES string of the molecule is CCOC(=O)C1=C(c2ccccc2)N=c2s/c(=C\c3cccc(OCc4ccc(C(=O)OCC)cc4)c3)c(=O)n2[C@H]1c1ccc(OC)cc1. The summed E-state index contributed by atoms with van der Waals surface area (Å²) in [5.41, 5.74) is 4.03. The maximum atomic E-state index is 14.2. The summed E-state index contributed by atoms with van der Waals surface area (Å²) in [6.07, 6.45) is 1.80. The van der Waals surface area contributed by atoms with Crippen LogP contribution in [0.25, 0.3) is 11.8 Å². The Morgan fingerprint density at radius 1 is 0.837 bits per heavy atom. The lowest BCUT2D eigenvalue weighted by atomic mass is 9.93. The molecule has 6 rings (SSSR count). The lowest BCUT2D eigenvalue weighted by Gasteiger charge is -2.26. The van der Waals surface area contributed by atoms with Gasteiger partial charge in [-0.3, -0.25) is 9.36 Å². The molecule has 1 aliphatic rings. The van der Waals surface area contributed by atoms with Crippen molar-refractivity contribution in [3.05, 3.63) is 156 Å². The molecule has 4 aromatic carbocycles. The highest BCUT2D eigenvalue weighted by atomic mass is 32.1. The van der Waals surface area contributed by atoms with Crippen molar-refractivity contribution in [2.24, 2.45) is 4.99 Å². The second-order valence-corrected chi connectivity index (χ2v) is 12.0. The van der Waals surface area contributed by atoms with Gasteiger partial charge in [-0.25, -0.2) is 14.6 Å². The number of nitrogens with zero attached hydrogens (tertiary/aromatic N) is 2. The van der Waals surface area contributed by atoms with Crippen LogP contribution in [0.5, 0.6) is 11.5 Å². The Hall–Kier alpha value is -5.74. The van der Waals surface area contributed by atoms with Gasteiger partial charge in [-0.05, 0) is 73.0 Å². The van der Waals surface area contributed by atoms with E-state index in [-0.39, 0.29) is 30.3 Å². The first-order chi connectivity index (χ1) is 23.9. The molecule has 0 radical (unpaired) electrons. The van der Waals surface area contributed by atoms with Crippen molar-refractivity contribution >= 4 is 35.0 Å². The highest BCUT2D eigenvalue weighted by Crippen LogP contribution is 2.35.